The Morgan fingerprint density at radius 2 is 2.04 bits per heavy atom. The number of nitrogens with zero attached hydrogens (tertiary/aromatic N) is 1. The summed E-state index contributed by atoms with van der Waals surface area (Å²) in [6, 6.07) is 4.24. The van der Waals surface area contributed by atoms with Crippen LogP contribution in [0, 0.1) is 5.92 Å². The summed E-state index contributed by atoms with van der Waals surface area (Å²) < 4.78 is 15.9. The van der Waals surface area contributed by atoms with Crippen LogP contribution in [0.4, 0.5) is 10.5 Å². The number of nitrogens with one attached hydrogen (secondary N) is 1. The van der Waals surface area contributed by atoms with Crippen LogP contribution >= 0.6 is 11.8 Å². The van der Waals surface area contributed by atoms with Crippen molar-refractivity contribution < 1.29 is 23.8 Å². The third-order valence-corrected chi connectivity index (χ3v) is 5.68. The molecule has 0 radical (unpaired) electrons. The van der Waals surface area contributed by atoms with Gasteiger partial charge in [-0.3, -0.25) is 4.90 Å². The van der Waals surface area contributed by atoms with Crippen molar-refractivity contribution >= 4 is 29.4 Å². The Balaban J connectivity index is 2.22. The number of urea groups is 1. The van der Waals surface area contributed by atoms with Crippen LogP contribution in [0.15, 0.2) is 18.2 Å². The van der Waals surface area contributed by atoms with Gasteiger partial charge in [-0.2, -0.15) is 0 Å². The van der Waals surface area contributed by atoms with Crippen molar-refractivity contribution in [2.75, 3.05) is 31.9 Å². The number of anilines is 1. The molecule has 1 N–H and O–H groups in total. The second-order valence-electron chi connectivity index (χ2n) is 7.00. The van der Waals surface area contributed by atoms with Gasteiger partial charge in [0, 0.05) is 11.8 Å². The maximum absolute atomic E-state index is 13.1. The molecule has 2 amide bonds. The molecule has 1 aliphatic heterocycles. The minimum atomic E-state index is -0.593. The number of carbonyl (C=O) groups is 2. The Morgan fingerprint density at radius 1 is 1.29 bits per heavy atom. The van der Waals surface area contributed by atoms with Gasteiger partial charge in [-0.1, -0.05) is 20.8 Å². The molecule has 1 heterocycles. The van der Waals surface area contributed by atoms with Crippen LogP contribution in [-0.4, -0.2) is 54.9 Å². The lowest BCUT2D eigenvalue weighted by Gasteiger charge is -2.29. The summed E-state index contributed by atoms with van der Waals surface area (Å²) in [6.45, 7) is 6.51. The Hall–Kier alpha value is -2.09. The Bertz CT molecular complexity index is 683. The van der Waals surface area contributed by atoms with Crippen molar-refractivity contribution in [3.05, 3.63) is 18.2 Å². The number of hydrogen-bond donors (Lipinski definition) is 1. The first-order valence-corrected chi connectivity index (χ1v) is 10.6. The predicted octanol–water partition coefficient (Wildman–Crippen LogP) is 3.98. The largest absolute Gasteiger partial charge is 0.497 e. The lowest BCUT2D eigenvalue weighted by molar-refractivity contribution is -0.147. The van der Waals surface area contributed by atoms with Crippen molar-refractivity contribution in [2.45, 2.75) is 45.0 Å². The van der Waals surface area contributed by atoms with E-state index in [-0.39, 0.29) is 17.4 Å². The molecule has 0 spiro atoms. The number of thioether (sulfide) groups is 1. The molecule has 1 aromatic carbocycles. The molecule has 0 aromatic heterocycles. The zero-order valence-corrected chi connectivity index (χ0v) is 18.0. The van der Waals surface area contributed by atoms with Gasteiger partial charge in [0.1, 0.15) is 17.5 Å². The molecule has 1 saturated heterocycles. The molecular formula is C20H30N2O5S. The van der Waals surface area contributed by atoms with Gasteiger partial charge in [-0.05, 0) is 30.9 Å². The van der Waals surface area contributed by atoms with E-state index in [1.54, 1.807) is 42.0 Å². The highest BCUT2D eigenvalue weighted by atomic mass is 32.2. The molecule has 1 aromatic rings. The molecule has 1 fully saturated rings. The number of methoxy groups -OCH3 is 2. The van der Waals surface area contributed by atoms with Crippen molar-refractivity contribution in [3.63, 3.8) is 0 Å². The summed E-state index contributed by atoms with van der Waals surface area (Å²) in [6.07, 6.45) is 1.55. The number of amides is 2. The molecule has 0 bridgehead atoms. The van der Waals surface area contributed by atoms with Crippen LogP contribution in [0.2, 0.25) is 0 Å². The molecule has 8 heteroatoms. The molecule has 0 saturated carbocycles. The quantitative estimate of drug-likeness (QED) is 0.653. The molecule has 2 unspecified atom stereocenters. The van der Waals surface area contributed by atoms with Crippen molar-refractivity contribution in [3.8, 4) is 11.5 Å². The van der Waals surface area contributed by atoms with Crippen LogP contribution in [0.1, 0.15) is 33.6 Å². The average molecular weight is 411 g/mol. The SMILES string of the molecule is CCCOC(=O)C1CSC(CC(C)C)N1C(=O)Nc1ccc(OC)cc1OC. The van der Waals surface area contributed by atoms with Gasteiger partial charge < -0.3 is 19.5 Å². The van der Waals surface area contributed by atoms with Crippen LogP contribution in [0.5, 0.6) is 11.5 Å². The normalized spacial score (nSPS) is 18.9. The molecule has 7 nitrogen and oxygen atoms in total. The lowest BCUT2D eigenvalue weighted by Crippen LogP contribution is -2.48. The highest BCUT2D eigenvalue weighted by molar-refractivity contribution is 8.00. The van der Waals surface area contributed by atoms with Gasteiger partial charge in [0.05, 0.1) is 31.9 Å². The highest BCUT2D eigenvalue weighted by Gasteiger charge is 2.42. The van der Waals surface area contributed by atoms with E-state index >= 15 is 0 Å². The third kappa shape index (κ3) is 5.47. The minimum absolute atomic E-state index is 0.0802. The molecular weight excluding hydrogens is 380 g/mol. The maximum Gasteiger partial charge on any atom is 0.329 e. The number of carbonyl (C=O) groups excluding carboxylic acids is 2. The number of benzene rings is 1. The number of ether oxygens (including phenoxy) is 3. The first kappa shape index (κ1) is 22.2. The lowest BCUT2D eigenvalue weighted by atomic mass is 10.1. The van der Waals surface area contributed by atoms with Crippen LogP contribution in [0.3, 0.4) is 0 Å². The van der Waals surface area contributed by atoms with E-state index in [9.17, 15) is 9.59 Å². The number of esters is 1. The average Bonchev–Trinajstić information content (AvgIpc) is 3.09. The van der Waals surface area contributed by atoms with E-state index in [0.29, 0.717) is 35.5 Å². The molecule has 0 aliphatic carbocycles. The van der Waals surface area contributed by atoms with Gasteiger partial charge >= 0.3 is 12.0 Å². The fraction of sp³-hybridized carbons (Fsp3) is 0.600. The third-order valence-electron chi connectivity index (χ3n) is 4.37. The van der Waals surface area contributed by atoms with E-state index in [0.717, 1.165) is 12.8 Å². The number of hydrogen-bond acceptors (Lipinski definition) is 6. The molecule has 1 aliphatic rings. The fourth-order valence-electron chi connectivity index (χ4n) is 2.98. The monoisotopic (exact) mass is 410 g/mol. The van der Waals surface area contributed by atoms with E-state index in [1.807, 2.05) is 6.92 Å². The van der Waals surface area contributed by atoms with Crippen molar-refractivity contribution in [2.24, 2.45) is 5.92 Å². The zero-order valence-electron chi connectivity index (χ0n) is 17.2. The van der Waals surface area contributed by atoms with Gasteiger partial charge in [-0.25, -0.2) is 9.59 Å². The highest BCUT2D eigenvalue weighted by Crippen LogP contribution is 2.36. The summed E-state index contributed by atoms with van der Waals surface area (Å²) in [7, 11) is 3.10. The molecule has 2 atom stereocenters. The summed E-state index contributed by atoms with van der Waals surface area (Å²) in [5.74, 6) is 1.70. The van der Waals surface area contributed by atoms with E-state index in [1.165, 1.54) is 7.11 Å². The van der Waals surface area contributed by atoms with Crippen LogP contribution < -0.4 is 14.8 Å². The van der Waals surface area contributed by atoms with Gasteiger partial charge in [0.2, 0.25) is 0 Å². The zero-order chi connectivity index (χ0) is 20.7. The Kier molecular flexibility index (Phi) is 8.29. The predicted molar refractivity (Wildman–Crippen MR) is 111 cm³/mol. The van der Waals surface area contributed by atoms with Crippen LogP contribution in [0.25, 0.3) is 0 Å². The van der Waals surface area contributed by atoms with E-state index < -0.39 is 6.04 Å². The second kappa shape index (κ2) is 10.5. The minimum Gasteiger partial charge on any atom is -0.497 e. The molecule has 2 rings (SSSR count). The second-order valence-corrected chi connectivity index (χ2v) is 8.22. The summed E-state index contributed by atoms with van der Waals surface area (Å²) in [5.41, 5.74) is 0.522. The first-order chi connectivity index (χ1) is 13.4. The molecule has 28 heavy (non-hydrogen) atoms. The maximum atomic E-state index is 13.1. The first-order valence-electron chi connectivity index (χ1n) is 9.50. The topological polar surface area (TPSA) is 77.1 Å². The fourth-order valence-corrected chi connectivity index (χ4v) is 4.61. The summed E-state index contributed by atoms with van der Waals surface area (Å²) in [5, 5.41) is 2.80. The Morgan fingerprint density at radius 3 is 2.64 bits per heavy atom. The molecule has 156 valence electrons. The van der Waals surface area contributed by atoms with Crippen LogP contribution in [-0.2, 0) is 9.53 Å². The van der Waals surface area contributed by atoms with E-state index in [2.05, 4.69) is 19.2 Å². The summed E-state index contributed by atoms with van der Waals surface area (Å²) in [4.78, 5) is 27.3. The van der Waals surface area contributed by atoms with Gasteiger partial charge in [0.15, 0.2) is 0 Å². The standard InChI is InChI=1S/C20H30N2O5S/c1-6-9-27-19(23)16-12-28-18(10-13(2)3)22(16)20(24)21-15-8-7-14(25-4)11-17(15)26-5/h7-8,11,13,16,18H,6,9-10,12H2,1-5H3,(H,21,24). The number of rotatable bonds is 8. The van der Waals surface area contributed by atoms with Crippen molar-refractivity contribution in [1.29, 1.82) is 0 Å². The summed E-state index contributed by atoms with van der Waals surface area (Å²) >= 11 is 1.62. The Labute approximate surface area is 171 Å². The van der Waals surface area contributed by atoms with Gasteiger partial charge in [0.25, 0.3) is 0 Å². The smallest absolute Gasteiger partial charge is 0.329 e. The van der Waals surface area contributed by atoms with Crippen molar-refractivity contribution in [1.82, 2.24) is 4.90 Å². The van der Waals surface area contributed by atoms with Gasteiger partial charge in [-0.15, -0.1) is 11.8 Å². The van der Waals surface area contributed by atoms with E-state index in [4.69, 9.17) is 14.2 Å².